The van der Waals surface area contributed by atoms with E-state index in [1.165, 1.54) is 51.3 Å². The fraction of sp³-hybridized carbons (Fsp3) is 0.682. The van der Waals surface area contributed by atoms with Crippen LogP contribution in [0.1, 0.15) is 64.7 Å². The smallest absolute Gasteiger partial charge is 0.314 e. The van der Waals surface area contributed by atoms with Crippen molar-refractivity contribution in [1.29, 1.82) is 0 Å². The molecule has 0 aromatic heterocycles. The Morgan fingerprint density at radius 2 is 1.44 bits per heavy atom. The molecule has 0 N–H and O–H groups in total. The molecule has 0 amide bonds. The quantitative estimate of drug-likeness (QED) is 0.471. The summed E-state index contributed by atoms with van der Waals surface area (Å²) >= 11 is 0. The van der Waals surface area contributed by atoms with Crippen LogP contribution in [0.5, 0.6) is 11.5 Å². The van der Waals surface area contributed by atoms with Crippen molar-refractivity contribution >= 4 is 5.97 Å². The molecule has 5 heteroatoms. The number of carbonyl (C=O) groups is 1. The van der Waals surface area contributed by atoms with Crippen molar-refractivity contribution in [1.82, 2.24) is 0 Å². The van der Waals surface area contributed by atoms with Gasteiger partial charge in [-0.25, -0.2) is 0 Å². The Balaban J connectivity index is 1.51. The van der Waals surface area contributed by atoms with E-state index in [1.807, 2.05) is 0 Å². The molecule has 0 aliphatic heterocycles. The zero-order valence-corrected chi connectivity index (χ0v) is 16.3. The lowest BCUT2D eigenvalue weighted by molar-refractivity contribution is -0.140. The zero-order valence-electron chi connectivity index (χ0n) is 16.3. The Kier molecular flexibility index (Phi) is 6.72. The lowest BCUT2D eigenvalue weighted by atomic mass is 9.69. The van der Waals surface area contributed by atoms with Crippen LogP contribution in [-0.2, 0) is 4.79 Å². The van der Waals surface area contributed by atoms with Crippen LogP contribution in [-0.4, -0.2) is 13.1 Å². The second-order valence-electron chi connectivity index (χ2n) is 8.12. The molecule has 2 fully saturated rings. The molecule has 0 heterocycles. The molecular weight excluding hydrogens is 350 g/mol. The number of esters is 1. The first-order chi connectivity index (χ1) is 13.0. The van der Waals surface area contributed by atoms with Crippen LogP contribution in [0, 0.1) is 35.3 Å². The summed E-state index contributed by atoms with van der Waals surface area (Å²) < 4.78 is 37.7. The summed E-state index contributed by atoms with van der Waals surface area (Å²) in [6.07, 6.45) is 10.2. The Bertz CT molecular complexity index is 645. The van der Waals surface area contributed by atoms with Gasteiger partial charge in [-0.05, 0) is 68.4 Å². The standard InChI is InChI=1S/C22H30F2O3/c1-3-14-4-6-15(7-5-14)16-8-10-17(11-9-16)22(25)27-19-13-12-18(26-2)20(23)21(19)24/h12-17H,3-11H2,1-2H3/t14-,15-,16-,17-. The SMILES string of the molecule is CC[C@H]1CC[C@H]([C@H]2CC[C@H](C(=O)Oc3ccc(OC)c(F)c3F)CC2)CC1. The zero-order chi connectivity index (χ0) is 19.4. The summed E-state index contributed by atoms with van der Waals surface area (Å²) in [4.78, 5) is 12.4. The highest BCUT2D eigenvalue weighted by Gasteiger charge is 2.33. The van der Waals surface area contributed by atoms with Crippen LogP contribution >= 0.6 is 0 Å². The van der Waals surface area contributed by atoms with Crippen LogP contribution in [0.3, 0.4) is 0 Å². The van der Waals surface area contributed by atoms with E-state index in [9.17, 15) is 13.6 Å². The van der Waals surface area contributed by atoms with Crippen molar-refractivity contribution < 1.29 is 23.0 Å². The Morgan fingerprint density at radius 3 is 2.00 bits per heavy atom. The van der Waals surface area contributed by atoms with E-state index in [0.717, 1.165) is 37.5 Å². The lowest BCUT2D eigenvalue weighted by Gasteiger charge is -2.37. The molecule has 1 aromatic rings. The highest BCUT2D eigenvalue weighted by Crippen LogP contribution is 2.42. The minimum absolute atomic E-state index is 0.203. The predicted octanol–water partition coefficient (Wildman–Crippen LogP) is 5.90. The van der Waals surface area contributed by atoms with Crippen LogP contribution in [0.4, 0.5) is 8.78 Å². The number of rotatable bonds is 5. The highest BCUT2D eigenvalue weighted by molar-refractivity contribution is 5.75. The summed E-state index contributed by atoms with van der Waals surface area (Å²) in [6.45, 7) is 2.28. The number of ether oxygens (including phenoxy) is 2. The average Bonchev–Trinajstić information content (AvgIpc) is 2.72. The van der Waals surface area contributed by atoms with Crippen molar-refractivity contribution in [2.75, 3.05) is 7.11 Å². The largest absolute Gasteiger partial charge is 0.494 e. The van der Waals surface area contributed by atoms with E-state index in [4.69, 9.17) is 9.47 Å². The van der Waals surface area contributed by atoms with Crippen molar-refractivity contribution in [3.8, 4) is 11.5 Å². The molecule has 0 bridgehead atoms. The van der Waals surface area contributed by atoms with Gasteiger partial charge in [0.1, 0.15) is 0 Å². The minimum atomic E-state index is -1.18. The van der Waals surface area contributed by atoms with Crippen molar-refractivity contribution in [3.05, 3.63) is 23.8 Å². The third-order valence-electron chi connectivity index (χ3n) is 6.68. The van der Waals surface area contributed by atoms with E-state index < -0.39 is 17.6 Å². The first kappa shape index (κ1) is 20.1. The van der Waals surface area contributed by atoms with Crippen molar-refractivity contribution in [2.45, 2.75) is 64.7 Å². The third-order valence-corrected chi connectivity index (χ3v) is 6.68. The summed E-state index contributed by atoms with van der Waals surface area (Å²) in [5.41, 5.74) is 0. The fourth-order valence-corrected chi connectivity index (χ4v) is 4.84. The van der Waals surface area contributed by atoms with Crippen molar-refractivity contribution in [3.63, 3.8) is 0 Å². The summed E-state index contributed by atoms with van der Waals surface area (Å²) in [6, 6.07) is 2.51. The van der Waals surface area contributed by atoms with Gasteiger partial charge in [-0.15, -0.1) is 0 Å². The average molecular weight is 380 g/mol. The second-order valence-corrected chi connectivity index (χ2v) is 8.12. The lowest BCUT2D eigenvalue weighted by Crippen LogP contribution is -2.30. The molecule has 2 aliphatic rings. The van der Waals surface area contributed by atoms with Gasteiger partial charge in [0.25, 0.3) is 0 Å². The highest BCUT2D eigenvalue weighted by atomic mass is 19.2. The van der Waals surface area contributed by atoms with E-state index >= 15 is 0 Å². The molecule has 2 aliphatic carbocycles. The van der Waals surface area contributed by atoms with Crippen molar-refractivity contribution in [2.24, 2.45) is 23.7 Å². The van der Waals surface area contributed by atoms with Gasteiger partial charge >= 0.3 is 5.97 Å². The van der Waals surface area contributed by atoms with E-state index in [1.54, 1.807) is 0 Å². The maximum atomic E-state index is 14.0. The van der Waals surface area contributed by atoms with Crippen LogP contribution in [0.25, 0.3) is 0 Å². The van der Waals surface area contributed by atoms with E-state index in [2.05, 4.69) is 6.92 Å². The molecular formula is C22H30F2O3. The number of methoxy groups -OCH3 is 1. The topological polar surface area (TPSA) is 35.5 Å². The van der Waals surface area contributed by atoms with Crippen LogP contribution < -0.4 is 9.47 Å². The molecule has 0 radical (unpaired) electrons. The van der Waals surface area contributed by atoms with Gasteiger partial charge in [0.15, 0.2) is 11.5 Å². The number of halogens is 2. The van der Waals surface area contributed by atoms with E-state index in [0.29, 0.717) is 5.92 Å². The molecule has 0 unspecified atom stereocenters. The first-order valence-corrected chi connectivity index (χ1v) is 10.3. The maximum absolute atomic E-state index is 14.0. The van der Waals surface area contributed by atoms with Gasteiger partial charge in [-0.2, -0.15) is 8.78 Å². The fourth-order valence-electron chi connectivity index (χ4n) is 4.84. The third kappa shape index (κ3) is 4.61. The van der Waals surface area contributed by atoms with Gasteiger partial charge in [0, 0.05) is 0 Å². The Hall–Kier alpha value is -1.65. The molecule has 3 rings (SSSR count). The number of benzene rings is 1. The molecule has 150 valence electrons. The summed E-state index contributed by atoms with van der Waals surface area (Å²) in [7, 11) is 1.26. The number of carbonyl (C=O) groups excluding carboxylic acids is 1. The van der Waals surface area contributed by atoms with Gasteiger partial charge in [-0.3, -0.25) is 4.79 Å². The maximum Gasteiger partial charge on any atom is 0.314 e. The van der Waals surface area contributed by atoms with Crippen LogP contribution in [0.2, 0.25) is 0 Å². The summed E-state index contributed by atoms with van der Waals surface area (Å²) in [5, 5.41) is 0. The molecule has 1 aromatic carbocycles. The van der Waals surface area contributed by atoms with Crippen LogP contribution in [0.15, 0.2) is 12.1 Å². The number of hydrogen-bond donors (Lipinski definition) is 0. The van der Waals surface area contributed by atoms with Gasteiger partial charge in [0.05, 0.1) is 13.0 Å². The molecule has 27 heavy (non-hydrogen) atoms. The van der Waals surface area contributed by atoms with Gasteiger partial charge in [-0.1, -0.05) is 26.2 Å². The first-order valence-electron chi connectivity index (χ1n) is 10.3. The van der Waals surface area contributed by atoms with Gasteiger partial charge in [0.2, 0.25) is 11.6 Å². The minimum Gasteiger partial charge on any atom is -0.494 e. The summed E-state index contributed by atoms with van der Waals surface area (Å²) in [5.74, 6) is -1.17. The Morgan fingerprint density at radius 1 is 0.926 bits per heavy atom. The molecule has 0 atom stereocenters. The molecule has 0 saturated heterocycles. The molecule has 3 nitrogen and oxygen atoms in total. The normalized spacial score (nSPS) is 28.6. The predicted molar refractivity (Wildman–Crippen MR) is 99.7 cm³/mol. The molecule has 0 spiro atoms. The number of hydrogen-bond acceptors (Lipinski definition) is 3. The second kappa shape index (κ2) is 9.03. The van der Waals surface area contributed by atoms with E-state index in [-0.39, 0.29) is 17.4 Å². The monoisotopic (exact) mass is 380 g/mol. The molecule has 2 saturated carbocycles. The van der Waals surface area contributed by atoms with Gasteiger partial charge < -0.3 is 9.47 Å². The Labute approximate surface area is 160 Å².